The van der Waals surface area contributed by atoms with Crippen molar-refractivity contribution in [1.29, 1.82) is 0 Å². The number of rotatable bonds is 4. The zero-order valence-electron chi connectivity index (χ0n) is 9.29. The number of halogens is 3. The van der Waals surface area contributed by atoms with Crippen molar-refractivity contribution in [3.05, 3.63) is 23.8 Å². The molecule has 0 heterocycles. The van der Waals surface area contributed by atoms with Gasteiger partial charge >= 0.3 is 6.18 Å². The third-order valence-corrected chi connectivity index (χ3v) is 2.14. The normalized spacial score (nSPS) is 13.5. The van der Waals surface area contributed by atoms with Gasteiger partial charge in [0, 0.05) is 18.2 Å². The van der Waals surface area contributed by atoms with Gasteiger partial charge in [0.1, 0.15) is 5.75 Å². The van der Waals surface area contributed by atoms with Crippen molar-refractivity contribution in [3.63, 3.8) is 0 Å². The fraction of sp³-hybridized carbons (Fsp3) is 0.455. The number of hydrogen-bond acceptors (Lipinski definition) is 3. The zero-order valence-corrected chi connectivity index (χ0v) is 9.29. The van der Waals surface area contributed by atoms with E-state index in [4.69, 9.17) is 15.6 Å². The molecule has 96 valence electrons. The number of aliphatic hydroxyl groups excluding tert-OH is 1. The molecule has 0 aliphatic rings. The molecule has 6 heteroatoms. The molecule has 0 aromatic heterocycles. The number of hydrogen-bond donors (Lipinski definition) is 2. The van der Waals surface area contributed by atoms with Gasteiger partial charge in [-0.2, -0.15) is 13.2 Å². The maximum absolute atomic E-state index is 12.6. The molecule has 17 heavy (non-hydrogen) atoms. The summed E-state index contributed by atoms with van der Waals surface area (Å²) in [6.45, 7) is 1.55. The minimum Gasteiger partial charge on any atom is -0.493 e. The van der Waals surface area contributed by atoms with Gasteiger partial charge in [0.2, 0.25) is 0 Å². The van der Waals surface area contributed by atoms with Gasteiger partial charge in [-0.15, -0.1) is 0 Å². The number of anilines is 1. The average Bonchev–Trinajstić information content (AvgIpc) is 2.25. The Labute approximate surface area is 97.0 Å². The zero-order chi connectivity index (χ0) is 13.1. The van der Waals surface area contributed by atoms with Crippen molar-refractivity contribution >= 4 is 5.69 Å². The molecule has 0 amide bonds. The van der Waals surface area contributed by atoms with Gasteiger partial charge in [-0.25, -0.2) is 0 Å². The quantitative estimate of drug-likeness (QED) is 0.805. The topological polar surface area (TPSA) is 55.5 Å². The maximum Gasteiger partial charge on any atom is 0.420 e. The Hall–Kier alpha value is -1.43. The highest BCUT2D eigenvalue weighted by atomic mass is 19.4. The van der Waals surface area contributed by atoms with Crippen molar-refractivity contribution in [2.45, 2.75) is 13.1 Å². The summed E-state index contributed by atoms with van der Waals surface area (Å²) in [5, 5.41) is 8.76. The summed E-state index contributed by atoms with van der Waals surface area (Å²) in [7, 11) is 0. The minimum absolute atomic E-state index is 0.0174. The average molecular weight is 249 g/mol. The van der Waals surface area contributed by atoms with Crippen LogP contribution in [0.5, 0.6) is 5.75 Å². The van der Waals surface area contributed by atoms with Crippen molar-refractivity contribution in [2.24, 2.45) is 5.92 Å². The van der Waals surface area contributed by atoms with Crippen LogP contribution in [0.15, 0.2) is 18.2 Å². The van der Waals surface area contributed by atoms with E-state index in [1.807, 2.05) is 0 Å². The number of benzene rings is 1. The van der Waals surface area contributed by atoms with Crippen molar-refractivity contribution < 1.29 is 23.0 Å². The molecule has 1 rings (SSSR count). The van der Waals surface area contributed by atoms with Crippen LogP contribution in [0, 0.1) is 5.92 Å². The molecule has 3 N–H and O–H groups in total. The summed E-state index contributed by atoms with van der Waals surface area (Å²) in [6.07, 6.45) is -4.51. The van der Waals surface area contributed by atoms with Crippen LogP contribution < -0.4 is 10.5 Å². The Morgan fingerprint density at radius 3 is 2.59 bits per heavy atom. The molecular formula is C11H14F3NO2. The molecule has 0 saturated carbocycles. The lowest BCUT2D eigenvalue weighted by atomic mass is 10.1. The molecule has 0 saturated heterocycles. The highest BCUT2D eigenvalue weighted by molar-refractivity contribution is 5.49. The van der Waals surface area contributed by atoms with Crippen molar-refractivity contribution in [1.82, 2.24) is 0 Å². The number of alkyl halides is 3. The van der Waals surface area contributed by atoms with Crippen LogP contribution in [0.2, 0.25) is 0 Å². The van der Waals surface area contributed by atoms with Gasteiger partial charge in [-0.1, -0.05) is 6.92 Å². The second-order valence-electron chi connectivity index (χ2n) is 3.85. The molecule has 0 fully saturated rings. The first-order valence-corrected chi connectivity index (χ1v) is 5.05. The van der Waals surface area contributed by atoms with Crippen LogP contribution >= 0.6 is 0 Å². The fourth-order valence-electron chi connectivity index (χ4n) is 1.18. The van der Waals surface area contributed by atoms with Gasteiger partial charge in [-0.05, 0) is 18.2 Å². The highest BCUT2D eigenvalue weighted by Gasteiger charge is 2.34. The van der Waals surface area contributed by atoms with Crippen molar-refractivity contribution in [3.8, 4) is 5.75 Å². The molecule has 1 aromatic rings. The van der Waals surface area contributed by atoms with Crippen LogP contribution in [0.4, 0.5) is 18.9 Å². The van der Waals surface area contributed by atoms with Crippen LogP contribution in [-0.4, -0.2) is 18.3 Å². The minimum atomic E-state index is -4.51. The smallest absolute Gasteiger partial charge is 0.420 e. The predicted molar refractivity (Wildman–Crippen MR) is 57.6 cm³/mol. The summed E-state index contributed by atoms with van der Waals surface area (Å²) < 4.78 is 43.0. The fourth-order valence-corrected chi connectivity index (χ4v) is 1.18. The lowest BCUT2D eigenvalue weighted by molar-refractivity contribution is -0.139. The lowest BCUT2D eigenvalue weighted by Gasteiger charge is -2.16. The van der Waals surface area contributed by atoms with E-state index in [-0.39, 0.29) is 30.6 Å². The summed E-state index contributed by atoms with van der Waals surface area (Å²) in [6, 6.07) is 3.36. The Bertz CT molecular complexity index is 379. The molecule has 0 bridgehead atoms. The molecule has 0 spiro atoms. The molecule has 3 nitrogen and oxygen atoms in total. The van der Waals surface area contributed by atoms with E-state index in [0.717, 1.165) is 6.07 Å². The monoisotopic (exact) mass is 249 g/mol. The first kappa shape index (κ1) is 13.6. The van der Waals surface area contributed by atoms with Crippen LogP contribution in [0.3, 0.4) is 0 Å². The lowest BCUT2D eigenvalue weighted by Crippen LogP contribution is -2.15. The highest BCUT2D eigenvalue weighted by Crippen LogP contribution is 2.37. The summed E-state index contributed by atoms with van der Waals surface area (Å²) in [5.41, 5.74) is 4.44. The second kappa shape index (κ2) is 5.27. The first-order chi connectivity index (χ1) is 7.84. The maximum atomic E-state index is 12.6. The molecular weight excluding hydrogens is 235 g/mol. The molecule has 1 aromatic carbocycles. The number of nitrogen functional groups attached to an aromatic ring is 1. The van der Waals surface area contributed by atoms with Crippen LogP contribution in [0.1, 0.15) is 12.5 Å². The van der Waals surface area contributed by atoms with E-state index in [9.17, 15) is 13.2 Å². The molecule has 1 atom stereocenters. The van der Waals surface area contributed by atoms with E-state index in [2.05, 4.69) is 0 Å². The summed E-state index contributed by atoms with van der Waals surface area (Å²) in [4.78, 5) is 0. The van der Waals surface area contributed by atoms with Gasteiger partial charge < -0.3 is 15.6 Å². The Balaban J connectivity index is 2.91. The van der Waals surface area contributed by atoms with Crippen molar-refractivity contribution in [2.75, 3.05) is 18.9 Å². The standard InChI is InChI=1S/C11H14F3NO2/c1-7(5-16)6-17-10-3-2-8(15)4-9(10)11(12,13)14/h2-4,7,16H,5-6,15H2,1H3. The first-order valence-electron chi connectivity index (χ1n) is 5.05. The molecule has 0 radical (unpaired) electrons. The van der Waals surface area contributed by atoms with Gasteiger partial charge in [-0.3, -0.25) is 0 Å². The Morgan fingerprint density at radius 1 is 1.41 bits per heavy atom. The van der Waals surface area contributed by atoms with Crippen LogP contribution in [-0.2, 0) is 6.18 Å². The third-order valence-electron chi connectivity index (χ3n) is 2.14. The Kier molecular flexibility index (Phi) is 4.22. The van der Waals surface area contributed by atoms with E-state index in [0.29, 0.717) is 0 Å². The second-order valence-corrected chi connectivity index (χ2v) is 3.85. The van der Waals surface area contributed by atoms with E-state index >= 15 is 0 Å². The number of aliphatic hydroxyl groups is 1. The molecule has 0 aliphatic heterocycles. The van der Waals surface area contributed by atoms with E-state index < -0.39 is 11.7 Å². The van der Waals surface area contributed by atoms with Crippen LogP contribution in [0.25, 0.3) is 0 Å². The largest absolute Gasteiger partial charge is 0.493 e. The van der Waals surface area contributed by atoms with Gasteiger partial charge in [0.05, 0.1) is 12.2 Å². The van der Waals surface area contributed by atoms with Gasteiger partial charge in [0.25, 0.3) is 0 Å². The molecule has 0 aliphatic carbocycles. The predicted octanol–water partition coefficient (Wildman–Crippen LogP) is 2.29. The summed E-state index contributed by atoms with van der Waals surface area (Å²) in [5.74, 6) is -0.499. The molecule has 1 unspecified atom stereocenters. The van der Waals surface area contributed by atoms with E-state index in [1.54, 1.807) is 6.92 Å². The number of ether oxygens (including phenoxy) is 1. The summed E-state index contributed by atoms with van der Waals surface area (Å²) >= 11 is 0. The van der Waals surface area contributed by atoms with Gasteiger partial charge in [0.15, 0.2) is 0 Å². The SMILES string of the molecule is CC(CO)COc1ccc(N)cc1C(F)(F)F. The van der Waals surface area contributed by atoms with E-state index in [1.165, 1.54) is 12.1 Å². The number of nitrogens with two attached hydrogens (primary N) is 1. The third kappa shape index (κ3) is 3.81. The Morgan fingerprint density at radius 2 is 2.06 bits per heavy atom.